The monoisotopic (exact) mass is 204 g/mol. The molecule has 1 atom stereocenters. The zero-order valence-corrected chi connectivity index (χ0v) is 9.13. The molecule has 2 nitrogen and oxygen atoms in total. The average Bonchev–Trinajstić information content (AvgIpc) is 2.51. The SMILES string of the molecule is CCN(CC1CCNC1)C(=S)S. The van der Waals surface area contributed by atoms with Crippen LogP contribution in [0.4, 0.5) is 0 Å². The van der Waals surface area contributed by atoms with Gasteiger partial charge in [0, 0.05) is 13.1 Å². The summed E-state index contributed by atoms with van der Waals surface area (Å²) in [5, 5.41) is 3.35. The van der Waals surface area contributed by atoms with E-state index in [4.69, 9.17) is 12.2 Å². The fourth-order valence-corrected chi connectivity index (χ4v) is 1.95. The van der Waals surface area contributed by atoms with Crippen LogP contribution in [0.1, 0.15) is 13.3 Å². The lowest BCUT2D eigenvalue weighted by Crippen LogP contribution is -2.32. The zero-order valence-electron chi connectivity index (χ0n) is 7.42. The third kappa shape index (κ3) is 2.92. The van der Waals surface area contributed by atoms with Crippen molar-refractivity contribution in [2.45, 2.75) is 13.3 Å². The topological polar surface area (TPSA) is 15.3 Å². The van der Waals surface area contributed by atoms with Crippen molar-refractivity contribution in [3.8, 4) is 0 Å². The Morgan fingerprint density at radius 3 is 2.92 bits per heavy atom. The van der Waals surface area contributed by atoms with Crippen LogP contribution in [0.2, 0.25) is 0 Å². The quantitative estimate of drug-likeness (QED) is 0.530. The highest BCUT2D eigenvalue weighted by Crippen LogP contribution is 2.10. The van der Waals surface area contributed by atoms with Gasteiger partial charge in [0.25, 0.3) is 0 Å². The number of nitrogens with zero attached hydrogens (tertiary/aromatic N) is 1. The van der Waals surface area contributed by atoms with Crippen molar-refractivity contribution in [2.75, 3.05) is 26.2 Å². The highest BCUT2D eigenvalue weighted by Gasteiger charge is 2.17. The van der Waals surface area contributed by atoms with Gasteiger partial charge in [-0.3, -0.25) is 0 Å². The molecule has 1 unspecified atom stereocenters. The van der Waals surface area contributed by atoms with Crippen molar-refractivity contribution in [1.82, 2.24) is 10.2 Å². The molecule has 0 aromatic heterocycles. The lowest BCUT2D eigenvalue weighted by atomic mass is 10.1. The first kappa shape index (κ1) is 10.3. The summed E-state index contributed by atoms with van der Waals surface area (Å²) in [6.45, 7) is 6.43. The molecule has 0 spiro atoms. The number of thiocarbonyl (C=S) groups is 1. The van der Waals surface area contributed by atoms with Crippen LogP contribution in [0, 0.1) is 5.92 Å². The standard InChI is InChI=1S/C8H16N2S2/c1-2-10(8(11)12)6-7-3-4-9-5-7/h7,9H,2-6H2,1H3,(H,11,12). The first-order valence-corrected chi connectivity index (χ1v) is 5.28. The number of thiol groups is 1. The van der Waals surface area contributed by atoms with Gasteiger partial charge in [0.15, 0.2) is 0 Å². The largest absolute Gasteiger partial charge is 0.358 e. The summed E-state index contributed by atoms with van der Waals surface area (Å²) in [6.07, 6.45) is 1.27. The summed E-state index contributed by atoms with van der Waals surface area (Å²) in [6, 6.07) is 0. The van der Waals surface area contributed by atoms with E-state index in [2.05, 4.69) is 29.8 Å². The van der Waals surface area contributed by atoms with Crippen molar-refractivity contribution in [3.63, 3.8) is 0 Å². The van der Waals surface area contributed by atoms with Crippen molar-refractivity contribution in [3.05, 3.63) is 0 Å². The Labute approximate surface area is 85.1 Å². The maximum Gasteiger partial charge on any atom is 0.133 e. The minimum Gasteiger partial charge on any atom is -0.358 e. The Morgan fingerprint density at radius 2 is 2.50 bits per heavy atom. The van der Waals surface area contributed by atoms with Crippen molar-refractivity contribution < 1.29 is 0 Å². The van der Waals surface area contributed by atoms with E-state index in [0.29, 0.717) is 0 Å². The molecular weight excluding hydrogens is 188 g/mol. The number of nitrogens with one attached hydrogen (secondary N) is 1. The first-order valence-electron chi connectivity index (χ1n) is 4.42. The molecule has 70 valence electrons. The Kier molecular flexibility index (Phi) is 4.32. The van der Waals surface area contributed by atoms with Gasteiger partial charge in [-0.25, -0.2) is 0 Å². The molecule has 0 aromatic carbocycles. The highest BCUT2D eigenvalue weighted by atomic mass is 32.1. The lowest BCUT2D eigenvalue weighted by molar-refractivity contribution is 0.375. The molecule has 0 radical (unpaired) electrons. The molecule has 0 aliphatic carbocycles. The van der Waals surface area contributed by atoms with E-state index < -0.39 is 0 Å². The molecule has 1 heterocycles. The maximum absolute atomic E-state index is 5.02. The van der Waals surface area contributed by atoms with E-state index in [-0.39, 0.29) is 0 Å². The number of rotatable bonds is 3. The lowest BCUT2D eigenvalue weighted by Gasteiger charge is -2.23. The van der Waals surface area contributed by atoms with Gasteiger partial charge in [-0.05, 0) is 32.4 Å². The Bertz CT molecular complexity index is 155. The van der Waals surface area contributed by atoms with Crippen LogP contribution in [-0.4, -0.2) is 35.4 Å². The van der Waals surface area contributed by atoms with Crippen LogP contribution in [0.5, 0.6) is 0 Å². The summed E-state index contributed by atoms with van der Waals surface area (Å²) >= 11 is 9.20. The van der Waals surface area contributed by atoms with E-state index in [1.807, 2.05) is 0 Å². The fourth-order valence-electron chi connectivity index (χ4n) is 1.52. The number of hydrogen-bond acceptors (Lipinski definition) is 2. The van der Waals surface area contributed by atoms with Gasteiger partial charge in [0.05, 0.1) is 0 Å². The molecule has 0 saturated carbocycles. The molecule has 1 aliphatic rings. The third-order valence-corrected chi connectivity index (χ3v) is 2.83. The summed E-state index contributed by atoms with van der Waals surface area (Å²) in [4.78, 5) is 2.15. The van der Waals surface area contributed by atoms with Crippen LogP contribution in [0.15, 0.2) is 0 Å². The van der Waals surface area contributed by atoms with Crippen LogP contribution in [0.3, 0.4) is 0 Å². The van der Waals surface area contributed by atoms with Gasteiger partial charge in [-0.15, -0.1) is 12.6 Å². The Hall–Kier alpha value is 0.200. The summed E-state index contributed by atoms with van der Waals surface area (Å²) in [5.41, 5.74) is 0. The van der Waals surface area contributed by atoms with Crippen molar-refractivity contribution in [2.24, 2.45) is 5.92 Å². The second kappa shape index (κ2) is 5.04. The van der Waals surface area contributed by atoms with Crippen molar-refractivity contribution >= 4 is 29.2 Å². The second-order valence-corrected chi connectivity index (χ2v) is 4.29. The van der Waals surface area contributed by atoms with Crippen LogP contribution >= 0.6 is 24.8 Å². The van der Waals surface area contributed by atoms with Crippen LogP contribution in [0.25, 0.3) is 0 Å². The predicted octanol–water partition coefficient (Wildman–Crippen LogP) is 1.13. The van der Waals surface area contributed by atoms with E-state index in [0.717, 1.165) is 36.4 Å². The van der Waals surface area contributed by atoms with E-state index in [1.54, 1.807) is 0 Å². The molecule has 1 N–H and O–H groups in total. The molecule has 0 bridgehead atoms. The van der Waals surface area contributed by atoms with E-state index >= 15 is 0 Å². The Morgan fingerprint density at radius 1 is 1.75 bits per heavy atom. The van der Waals surface area contributed by atoms with E-state index in [1.165, 1.54) is 6.42 Å². The highest BCUT2D eigenvalue weighted by molar-refractivity contribution is 8.10. The Balaban J connectivity index is 2.30. The summed E-state index contributed by atoms with van der Waals surface area (Å²) in [7, 11) is 0. The van der Waals surface area contributed by atoms with Crippen LogP contribution < -0.4 is 5.32 Å². The normalized spacial score (nSPS) is 22.7. The number of hydrogen-bond donors (Lipinski definition) is 2. The fraction of sp³-hybridized carbons (Fsp3) is 0.875. The molecule has 0 amide bonds. The maximum atomic E-state index is 5.02. The average molecular weight is 204 g/mol. The van der Waals surface area contributed by atoms with Crippen LogP contribution in [-0.2, 0) is 0 Å². The molecule has 4 heteroatoms. The van der Waals surface area contributed by atoms with E-state index in [9.17, 15) is 0 Å². The second-order valence-electron chi connectivity index (χ2n) is 3.18. The minimum atomic E-state index is 0.726. The smallest absolute Gasteiger partial charge is 0.133 e. The summed E-state index contributed by atoms with van der Waals surface area (Å²) in [5.74, 6) is 0.759. The molecule has 1 rings (SSSR count). The molecule has 12 heavy (non-hydrogen) atoms. The van der Waals surface area contributed by atoms with Gasteiger partial charge in [-0.2, -0.15) is 0 Å². The molecule has 1 fully saturated rings. The molecule has 0 aromatic rings. The predicted molar refractivity (Wildman–Crippen MR) is 59.8 cm³/mol. The molecule has 1 aliphatic heterocycles. The zero-order chi connectivity index (χ0) is 8.97. The van der Waals surface area contributed by atoms with Gasteiger partial charge in [0.2, 0.25) is 0 Å². The van der Waals surface area contributed by atoms with Crippen molar-refractivity contribution in [1.29, 1.82) is 0 Å². The van der Waals surface area contributed by atoms with Gasteiger partial charge in [-0.1, -0.05) is 12.2 Å². The summed E-state index contributed by atoms with van der Waals surface area (Å²) < 4.78 is 0.726. The van der Waals surface area contributed by atoms with Gasteiger partial charge in [0.1, 0.15) is 4.32 Å². The minimum absolute atomic E-state index is 0.726. The first-order chi connectivity index (χ1) is 5.74. The van der Waals surface area contributed by atoms with Gasteiger partial charge < -0.3 is 10.2 Å². The molecular formula is C8H16N2S2. The third-order valence-electron chi connectivity index (χ3n) is 2.29. The molecule has 1 saturated heterocycles. The van der Waals surface area contributed by atoms with Gasteiger partial charge >= 0.3 is 0 Å².